The van der Waals surface area contributed by atoms with Gasteiger partial charge in [0, 0.05) is 18.3 Å². The molecular weight excluding hydrogens is 272 g/mol. The van der Waals surface area contributed by atoms with Crippen LogP contribution in [0.3, 0.4) is 0 Å². The van der Waals surface area contributed by atoms with E-state index in [9.17, 15) is 9.90 Å². The van der Waals surface area contributed by atoms with Gasteiger partial charge >= 0.3 is 0 Å². The number of aliphatic hydroxyl groups is 1. The fourth-order valence-corrected chi connectivity index (χ4v) is 2.60. The predicted molar refractivity (Wildman–Crippen MR) is 79.6 cm³/mol. The van der Waals surface area contributed by atoms with Gasteiger partial charge in [0.25, 0.3) is 5.91 Å². The molecule has 106 valence electrons. The molecule has 20 heavy (non-hydrogen) atoms. The summed E-state index contributed by atoms with van der Waals surface area (Å²) in [7, 11) is 0. The van der Waals surface area contributed by atoms with Gasteiger partial charge in [0.1, 0.15) is 0 Å². The number of aliphatic hydroxyl groups excluding tert-OH is 1. The van der Waals surface area contributed by atoms with Crippen molar-refractivity contribution in [3.63, 3.8) is 0 Å². The second-order valence-corrected chi connectivity index (χ2v) is 5.38. The number of nitrogens with zero attached hydrogens (tertiary/aromatic N) is 1. The Morgan fingerprint density at radius 2 is 2.15 bits per heavy atom. The Hall–Kier alpha value is -1.72. The number of hydrogen-bond donors (Lipinski definition) is 2. The first kappa shape index (κ1) is 14.7. The van der Waals surface area contributed by atoms with Gasteiger partial charge in [-0.05, 0) is 12.0 Å². The SMILES string of the molecule is CCc1nc(CCNC(=O)C(O)c2ccccc2)cs1. The molecule has 4 nitrogen and oxygen atoms in total. The van der Waals surface area contributed by atoms with Gasteiger partial charge in [0.2, 0.25) is 0 Å². The third kappa shape index (κ3) is 3.88. The minimum Gasteiger partial charge on any atom is -0.378 e. The Morgan fingerprint density at radius 3 is 2.80 bits per heavy atom. The number of amides is 1. The molecule has 1 heterocycles. The smallest absolute Gasteiger partial charge is 0.253 e. The van der Waals surface area contributed by atoms with Crippen LogP contribution in [0.5, 0.6) is 0 Å². The minimum atomic E-state index is -1.11. The van der Waals surface area contributed by atoms with E-state index in [4.69, 9.17) is 0 Å². The van der Waals surface area contributed by atoms with Crippen LogP contribution in [0.1, 0.15) is 29.3 Å². The third-order valence-corrected chi connectivity index (χ3v) is 3.99. The number of aryl methyl sites for hydroxylation is 1. The highest BCUT2D eigenvalue weighted by molar-refractivity contribution is 7.09. The fourth-order valence-electron chi connectivity index (χ4n) is 1.82. The van der Waals surface area contributed by atoms with Crippen molar-refractivity contribution >= 4 is 17.2 Å². The lowest BCUT2D eigenvalue weighted by atomic mass is 10.1. The van der Waals surface area contributed by atoms with Crippen LogP contribution in [0.2, 0.25) is 0 Å². The Morgan fingerprint density at radius 1 is 1.40 bits per heavy atom. The summed E-state index contributed by atoms with van der Waals surface area (Å²) in [5.74, 6) is -0.373. The molecule has 0 fully saturated rings. The summed E-state index contributed by atoms with van der Waals surface area (Å²) in [6, 6.07) is 8.92. The van der Waals surface area contributed by atoms with Gasteiger partial charge in [-0.15, -0.1) is 11.3 Å². The number of benzene rings is 1. The summed E-state index contributed by atoms with van der Waals surface area (Å²) in [4.78, 5) is 16.2. The van der Waals surface area contributed by atoms with Crippen LogP contribution in [-0.4, -0.2) is 22.5 Å². The van der Waals surface area contributed by atoms with E-state index in [1.807, 2.05) is 11.4 Å². The largest absolute Gasteiger partial charge is 0.378 e. The highest BCUT2D eigenvalue weighted by Crippen LogP contribution is 2.12. The summed E-state index contributed by atoms with van der Waals surface area (Å²) < 4.78 is 0. The molecule has 1 aromatic carbocycles. The van der Waals surface area contributed by atoms with Crippen molar-refractivity contribution in [1.82, 2.24) is 10.3 Å². The molecule has 0 saturated carbocycles. The Labute approximate surface area is 122 Å². The van der Waals surface area contributed by atoms with Crippen molar-refractivity contribution in [2.24, 2.45) is 0 Å². The second-order valence-electron chi connectivity index (χ2n) is 4.44. The van der Waals surface area contributed by atoms with Gasteiger partial charge in [0.15, 0.2) is 6.10 Å². The lowest BCUT2D eigenvalue weighted by Gasteiger charge is -2.11. The van der Waals surface area contributed by atoms with Gasteiger partial charge in [-0.2, -0.15) is 0 Å². The molecule has 5 heteroatoms. The molecule has 1 unspecified atom stereocenters. The molecule has 0 aliphatic rings. The molecule has 2 aromatic rings. The zero-order chi connectivity index (χ0) is 14.4. The maximum Gasteiger partial charge on any atom is 0.253 e. The van der Waals surface area contributed by atoms with Crippen molar-refractivity contribution in [2.75, 3.05) is 6.54 Å². The molecule has 0 aliphatic heterocycles. The first-order chi connectivity index (χ1) is 9.70. The van der Waals surface area contributed by atoms with E-state index in [0.29, 0.717) is 18.5 Å². The number of hydrogen-bond acceptors (Lipinski definition) is 4. The monoisotopic (exact) mass is 290 g/mol. The lowest BCUT2D eigenvalue weighted by molar-refractivity contribution is -0.129. The Balaban J connectivity index is 1.80. The van der Waals surface area contributed by atoms with Gasteiger partial charge < -0.3 is 10.4 Å². The highest BCUT2D eigenvalue weighted by Gasteiger charge is 2.16. The van der Waals surface area contributed by atoms with E-state index in [1.54, 1.807) is 35.6 Å². The van der Waals surface area contributed by atoms with E-state index in [1.165, 1.54) is 0 Å². The fraction of sp³-hybridized carbons (Fsp3) is 0.333. The van der Waals surface area contributed by atoms with Crippen molar-refractivity contribution in [3.8, 4) is 0 Å². The maximum atomic E-state index is 11.8. The van der Waals surface area contributed by atoms with Crippen LogP contribution in [-0.2, 0) is 17.6 Å². The van der Waals surface area contributed by atoms with E-state index < -0.39 is 6.10 Å². The number of carbonyl (C=O) groups excluding carboxylic acids is 1. The van der Waals surface area contributed by atoms with Gasteiger partial charge in [-0.3, -0.25) is 4.79 Å². The van der Waals surface area contributed by atoms with E-state index in [0.717, 1.165) is 17.1 Å². The first-order valence-corrected chi connectivity index (χ1v) is 7.52. The van der Waals surface area contributed by atoms with E-state index in [2.05, 4.69) is 17.2 Å². The summed E-state index contributed by atoms with van der Waals surface area (Å²) in [6.07, 6.45) is 0.505. The molecule has 0 aliphatic carbocycles. The Kier molecular flexibility index (Phi) is 5.26. The highest BCUT2D eigenvalue weighted by atomic mass is 32.1. The normalized spacial score (nSPS) is 12.1. The van der Waals surface area contributed by atoms with Crippen molar-refractivity contribution in [1.29, 1.82) is 0 Å². The zero-order valence-electron chi connectivity index (χ0n) is 11.4. The number of carbonyl (C=O) groups is 1. The van der Waals surface area contributed by atoms with Crippen LogP contribution in [0.15, 0.2) is 35.7 Å². The van der Waals surface area contributed by atoms with Crippen LogP contribution in [0.4, 0.5) is 0 Å². The summed E-state index contributed by atoms with van der Waals surface area (Å²) in [5, 5.41) is 15.8. The molecule has 1 amide bonds. The number of aromatic nitrogens is 1. The van der Waals surface area contributed by atoms with E-state index in [-0.39, 0.29) is 5.91 Å². The second kappa shape index (κ2) is 7.17. The van der Waals surface area contributed by atoms with Crippen LogP contribution >= 0.6 is 11.3 Å². The summed E-state index contributed by atoms with van der Waals surface area (Å²) in [6.45, 7) is 2.55. The molecule has 0 bridgehead atoms. The predicted octanol–water partition coefficient (Wildman–Crippen LogP) is 2.10. The topological polar surface area (TPSA) is 62.2 Å². The lowest BCUT2D eigenvalue weighted by Crippen LogP contribution is -2.31. The van der Waals surface area contributed by atoms with Crippen molar-refractivity contribution < 1.29 is 9.90 Å². The molecule has 0 saturated heterocycles. The quantitative estimate of drug-likeness (QED) is 0.856. The van der Waals surface area contributed by atoms with Crippen molar-refractivity contribution in [2.45, 2.75) is 25.9 Å². The minimum absolute atomic E-state index is 0.373. The number of thiazole rings is 1. The van der Waals surface area contributed by atoms with Crippen LogP contribution in [0.25, 0.3) is 0 Å². The Bertz CT molecular complexity index is 554. The van der Waals surface area contributed by atoms with Gasteiger partial charge in [0.05, 0.1) is 10.7 Å². The van der Waals surface area contributed by atoms with Gasteiger partial charge in [-0.1, -0.05) is 37.3 Å². The van der Waals surface area contributed by atoms with Crippen LogP contribution < -0.4 is 5.32 Å². The molecule has 1 aromatic heterocycles. The number of rotatable bonds is 6. The average molecular weight is 290 g/mol. The zero-order valence-corrected chi connectivity index (χ0v) is 12.2. The van der Waals surface area contributed by atoms with Crippen LogP contribution in [0, 0.1) is 0 Å². The molecule has 1 atom stereocenters. The first-order valence-electron chi connectivity index (χ1n) is 6.64. The third-order valence-electron chi connectivity index (χ3n) is 2.95. The maximum absolute atomic E-state index is 11.8. The average Bonchev–Trinajstić information content (AvgIpc) is 2.95. The van der Waals surface area contributed by atoms with Crippen molar-refractivity contribution in [3.05, 3.63) is 52.0 Å². The molecular formula is C15H18N2O2S. The molecule has 2 N–H and O–H groups in total. The standard InChI is InChI=1S/C15H18N2O2S/c1-2-13-17-12(10-20-13)8-9-16-15(19)14(18)11-6-4-3-5-7-11/h3-7,10,14,18H,2,8-9H2,1H3,(H,16,19). The molecule has 0 spiro atoms. The molecule has 2 rings (SSSR count). The molecule has 0 radical (unpaired) electrons. The summed E-state index contributed by atoms with van der Waals surface area (Å²) >= 11 is 1.64. The van der Waals surface area contributed by atoms with E-state index >= 15 is 0 Å². The van der Waals surface area contributed by atoms with Gasteiger partial charge in [-0.25, -0.2) is 4.98 Å². The number of nitrogens with one attached hydrogen (secondary N) is 1. The summed E-state index contributed by atoms with van der Waals surface area (Å²) in [5.41, 5.74) is 1.59.